The highest BCUT2D eigenvalue weighted by Crippen LogP contribution is 2.28. The highest BCUT2D eigenvalue weighted by molar-refractivity contribution is 7.07. The number of hydrogen-bond donors (Lipinski definition) is 1. The van der Waals surface area contributed by atoms with Gasteiger partial charge in [0.05, 0.1) is 16.8 Å². The van der Waals surface area contributed by atoms with Crippen molar-refractivity contribution in [3.63, 3.8) is 0 Å². The van der Waals surface area contributed by atoms with Gasteiger partial charge in [-0.25, -0.2) is 9.97 Å². The van der Waals surface area contributed by atoms with Crippen LogP contribution in [-0.4, -0.2) is 56.8 Å². The maximum absolute atomic E-state index is 12.9. The predicted molar refractivity (Wildman–Crippen MR) is 120 cm³/mol. The number of nitrogens with zero attached hydrogens (tertiary/aromatic N) is 4. The molecule has 166 valence electrons. The Balaban J connectivity index is 1.22. The van der Waals surface area contributed by atoms with E-state index in [-0.39, 0.29) is 17.4 Å². The minimum Gasteiger partial charge on any atom is -0.337 e. The molecule has 2 aromatic heterocycles. The Morgan fingerprint density at radius 2 is 1.94 bits per heavy atom. The van der Waals surface area contributed by atoms with Gasteiger partial charge in [-0.05, 0) is 31.6 Å². The highest BCUT2D eigenvalue weighted by Gasteiger charge is 2.29. The van der Waals surface area contributed by atoms with Gasteiger partial charge in [-0.2, -0.15) is 0 Å². The fourth-order valence-corrected chi connectivity index (χ4v) is 5.95. The van der Waals surface area contributed by atoms with Crippen molar-refractivity contribution in [2.45, 2.75) is 63.8 Å². The first-order valence-electron chi connectivity index (χ1n) is 11.7. The fraction of sp³-hybridized carbons (Fsp3) is 0.652. The van der Waals surface area contributed by atoms with Crippen molar-refractivity contribution in [2.24, 2.45) is 5.92 Å². The van der Waals surface area contributed by atoms with E-state index in [9.17, 15) is 9.59 Å². The summed E-state index contributed by atoms with van der Waals surface area (Å²) in [7, 11) is 0. The number of carbonyl (C=O) groups excluding carboxylic acids is 1. The van der Waals surface area contributed by atoms with Crippen molar-refractivity contribution in [1.82, 2.24) is 24.8 Å². The Labute approximate surface area is 186 Å². The van der Waals surface area contributed by atoms with E-state index in [4.69, 9.17) is 4.98 Å². The second kappa shape index (κ2) is 9.20. The van der Waals surface area contributed by atoms with Crippen molar-refractivity contribution < 1.29 is 4.79 Å². The highest BCUT2D eigenvalue weighted by atomic mass is 32.1. The Morgan fingerprint density at radius 1 is 1.13 bits per heavy atom. The molecule has 2 aromatic rings. The Bertz CT molecular complexity index is 959. The van der Waals surface area contributed by atoms with Crippen LogP contribution in [0.1, 0.15) is 78.4 Å². The molecule has 1 saturated heterocycles. The molecule has 1 aliphatic carbocycles. The molecule has 3 aliphatic rings. The lowest BCUT2D eigenvalue weighted by molar-refractivity contribution is 0.0705. The molecule has 1 amide bonds. The van der Waals surface area contributed by atoms with E-state index in [1.165, 1.54) is 43.4 Å². The molecule has 2 aliphatic heterocycles. The molecule has 0 atom stereocenters. The number of likely N-dealkylation sites (tertiary alicyclic amines) is 1. The first-order valence-corrected chi connectivity index (χ1v) is 12.6. The Hall–Kier alpha value is -2.06. The van der Waals surface area contributed by atoms with Crippen LogP contribution in [0.2, 0.25) is 0 Å². The number of rotatable bonds is 4. The zero-order valence-corrected chi connectivity index (χ0v) is 18.8. The van der Waals surface area contributed by atoms with Gasteiger partial charge in [0.25, 0.3) is 11.5 Å². The zero-order valence-electron chi connectivity index (χ0n) is 18.0. The minimum absolute atomic E-state index is 0.00431. The van der Waals surface area contributed by atoms with E-state index >= 15 is 0 Å². The molecule has 4 heterocycles. The van der Waals surface area contributed by atoms with Gasteiger partial charge in [-0.1, -0.05) is 19.3 Å². The summed E-state index contributed by atoms with van der Waals surface area (Å²) in [5.41, 5.74) is 4.11. The summed E-state index contributed by atoms with van der Waals surface area (Å²) in [5.74, 6) is 1.81. The number of hydrogen-bond acceptors (Lipinski definition) is 6. The number of aromatic amines is 1. The Kier molecular flexibility index (Phi) is 6.18. The number of carbonyl (C=O) groups is 1. The van der Waals surface area contributed by atoms with Gasteiger partial charge < -0.3 is 9.88 Å². The summed E-state index contributed by atoms with van der Waals surface area (Å²) >= 11 is 1.44. The number of amides is 1. The quantitative estimate of drug-likeness (QED) is 0.788. The topological polar surface area (TPSA) is 82.2 Å². The van der Waals surface area contributed by atoms with E-state index in [1.54, 1.807) is 10.9 Å². The van der Waals surface area contributed by atoms with Crippen LogP contribution in [-0.2, 0) is 13.0 Å². The minimum atomic E-state index is 0.00431. The van der Waals surface area contributed by atoms with Gasteiger partial charge in [-0.3, -0.25) is 14.5 Å². The normalized spacial score (nSPS) is 21.2. The standard InChI is InChI=1S/C23H31N5O2S/c29-22-18-13-27(12-16-4-2-1-3-5-16)9-8-19(18)25-21(26-22)17-6-10-28(11-7-17)23(30)20-14-31-15-24-20/h14-17H,1-13H2,(H,25,26,29). The molecule has 8 heteroatoms. The maximum Gasteiger partial charge on any atom is 0.273 e. The summed E-state index contributed by atoms with van der Waals surface area (Å²) in [6.07, 6.45) is 9.27. The van der Waals surface area contributed by atoms with Crippen LogP contribution in [0.3, 0.4) is 0 Å². The van der Waals surface area contributed by atoms with E-state index in [2.05, 4.69) is 14.9 Å². The molecule has 31 heavy (non-hydrogen) atoms. The summed E-state index contributed by atoms with van der Waals surface area (Å²) in [5, 5.41) is 1.80. The van der Waals surface area contributed by atoms with Crippen LogP contribution in [0.4, 0.5) is 0 Å². The van der Waals surface area contributed by atoms with Crippen LogP contribution in [0.5, 0.6) is 0 Å². The van der Waals surface area contributed by atoms with Gasteiger partial charge in [-0.15, -0.1) is 11.3 Å². The first kappa shape index (κ1) is 20.8. The lowest BCUT2D eigenvalue weighted by atomic mass is 9.88. The smallest absolute Gasteiger partial charge is 0.273 e. The molecule has 1 N–H and O–H groups in total. The molecule has 1 saturated carbocycles. The van der Waals surface area contributed by atoms with E-state index < -0.39 is 0 Å². The molecule has 0 aromatic carbocycles. The van der Waals surface area contributed by atoms with Crippen molar-refractivity contribution in [1.29, 1.82) is 0 Å². The molecule has 0 unspecified atom stereocenters. The molecule has 2 fully saturated rings. The Morgan fingerprint density at radius 3 is 2.68 bits per heavy atom. The summed E-state index contributed by atoms with van der Waals surface area (Å²) in [6.45, 7) is 4.20. The third kappa shape index (κ3) is 4.60. The molecule has 0 radical (unpaired) electrons. The predicted octanol–water partition coefficient (Wildman–Crippen LogP) is 3.18. The summed E-state index contributed by atoms with van der Waals surface area (Å²) in [6, 6.07) is 0. The van der Waals surface area contributed by atoms with Crippen molar-refractivity contribution in [3.05, 3.63) is 44.0 Å². The van der Waals surface area contributed by atoms with Gasteiger partial charge >= 0.3 is 0 Å². The number of nitrogens with one attached hydrogen (secondary N) is 1. The number of thiazole rings is 1. The third-order valence-corrected chi connectivity index (χ3v) is 7.81. The van der Waals surface area contributed by atoms with Crippen LogP contribution < -0.4 is 5.56 Å². The van der Waals surface area contributed by atoms with Gasteiger partial charge in [0.2, 0.25) is 0 Å². The van der Waals surface area contributed by atoms with Crippen LogP contribution in [0.15, 0.2) is 15.7 Å². The summed E-state index contributed by atoms with van der Waals surface area (Å²) in [4.78, 5) is 41.9. The molecule has 5 rings (SSSR count). The molecule has 0 bridgehead atoms. The molecular formula is C23H31N5O2S. The molecule has 0 spiro atoms. The molecule has 7 nitrogen and oxygen atoms in total. The van der Waals surface area contributed by atoms with E-state index in [0.29, 0.717) is 18.8 Å². The van der Waals surface area contributed by atoms with Crippen molar-refractivity contribution in [2.75, 3.05) is 26.2 Å². The molecular weight excluding hydrogens is 410 g/mol. The second-order valence-corrected chi connectivity index (χ2v) is 10.0. The number of piperidine rings is 1. The van der Waals surface area contributed by atoms with Crippen molar-refractivity contribution >= 4 is 17.2 Å². The largest absolute Gasteiger partial charge is 0.337 e. The van der Waals surface area contributed by atoms with Crippen LogP contribution in [0.25, 0.3) is 0 Å². The lowest BCUT2D eigenvalue weighted by Gasteiger charge is -2.33. The second-order valence-electron chi connectivity index (χ2n) is 9.31. The maximum atomic E-state index is 12.9. The average molecular weight is 442 g/mol. The number of H-pyrrole nitrogens is 1. The third-order valence-electron chi connectivity index (χ3n) is 7.23. The first-order chi connectivity index (χ1) is 15.2. The fourth-order valence-electron chi connectivity index (χ4n) is 5.42. The lowest BCUT2D eigenvalue weighted by Crippen LogP contribution is -2.40. The summed E-state index contributed by atoms with van der Waals surface area (Å²) < 4.78 is 0. The number of fused-ring (bicyclic) bond motifs is 1. The van der Waals surface area contributed by atoms with E-state index in [1.807, 2.05) is 4.90 Å². The van der Waals surface area contributed by atoms with Gasteiger partial charge in [0.1, 0.15) is 11.5 Å². The number of aromatic nitrogens is 3. The van der Waals surface area contributed by atoms with Gasteiger partial charge in [0.15, 0.2) is 0 Å². The van der Waals surface area contributed by atoms with Gasteiger partial charge in [0, 0.05) is 50.4 Å². The SMILES string of the molecule is O=C(c1cscn1)N1CCC(c2nc3c(c(=O)[nH]2)CN(CC2CCCCC2)CC3)CC1. The monoisotopic (exact) mass is 441 g/mol. The average Bonchev–Trinajstić information content (AvgIpc) is 3.35. The van der Waals surface area contributed by atoms with E-state index in [0.717, 1.165) is 61.9 Å². The van der Waals surface area contributed by atoms with Crippen molar-refractivity contribution in [3.8, 4) is 0 Å². The zero-order chi connectivity index (χ0) is 21.2. The van der Waals surface area contributed by atoms with Crippen LogP contribution in [0, 0.1) is 5.92 Å². The van der Waals surface area contributed by atoms with Crippen LogP contribution >= 0.6 is 11.3 Å².